The lowest BCUT2D eigenvalue weighted by atomic mass is 10.2. The highest BCUT2D eigenvalue weighted by molar-refractivity contribution is 6.32. The van der Waals surface area contributed by atoms with Crippen molar-refractivity contribution in [3.63, 3.8) is 0 Å². The number of nitrogens with one attached hydrogen (secondary N) is 1. The van der Waals surface area contributed by atoms with Crippen molar-refractivity contribution in [3.8, 4) is 11.5 Å². The third-order valence-electron chi connectivity index (χ3n) is 3.99. The number of ether oxygens (including phenoxy) is 2. The van der Waals surface area contributed by atoms with Gasteiger partial charge in [0.05, 0.1) is 25.8 Å². The van der Waals surface area contributed by atoms with Crippen LogP contribution in [0, 0.1) is 0 Å². The summed E-state index contributed by atoms with van der Waals surface area (Å²) in [5.41, 5.74) is 1.04. The molecule has 29 heavy (non-hydrogen) atoms. The highest BCUT2D eigenvalue weighted by Crippen LogP contribution is 2.25. The Morgan fingerprint density at radius 3 is 2.45 bits per heavy atom. The number of halogens is 1. The summed E-state index contributed by atoms with van der Waals surface area (Å²) in [5.74, 6) is -1.13. The van der Waals surface area contributed by atoms with Crippen LogP contribution < -0.4 is 14.8 Å². The number of anilines is 1. The fraction of sp³-hybridized carbons (Fsp3) is 0.158. The van der Waals surface area contributed by atoms with E-state index in [2.05, 4.69) is 15.4 Å². The zero-order valence-corrected chi connectivity index (χ0v) is 16.3. The molecule has 2 aromatic carbocycles. The quantitative estimate of drug-likeness (QED) is 0.608. The Hall–Kier alpha value is -3.59. The first-order chi connectivity index (χ1) is 13.9. The van der Waals surface area contributed by atoms with E-state index in [9.17, 15) is 14.7 Å². The number of benzene rings is 2. The van der Waals surface area contributed by atoms with Crippen LogP contribution in [-0.2, 0) is 6.54 Å². The van der Waals surface area contributed by atoms with E-state index in [-0.39, 0.29) is 28.9 Å². The molecule has 0 bridgehead atoms. The summed E-state index contributed by atoms with van der Waals surface area (Å²) in [7, 11) is 3.02. The fourth-order valence-electron chi connectivity index (χ4n) is 2.55. The van der Waals surface area contributed by atoms with E-state index in [0.29, 0.717) is 11.5 Å². The number of aromatic carboxylic acids is 1. The molecule has 0 radical (unpaired) electrons. The molecular formula is C19H17ClN4O5. The maximum absolute atomic E-state index is 12.4. The van der Waals surface area contributed by atoms with Crippen molar-refractivity contribution in [3.05, 3.63) is 64.4 Å². The zero-order chi connectivity index (χ0) is 21.0. The summed E-state index contributed by atoms with van der Waals surface area (Å²) in [6.45, 7) is 0.156. The van der Waals surface area contributed by atoms with E-state index in [1.54, 1.807) is 37.4 Å². The van der Waals surface area contributed by atoms with Crippen LogP contribution in [0.4, 0.5) is 5.95 Å². The fourth-order valence-corrected chi connectivity index (χ4v) is 2.81. The van der Waals surface area contributed by atoms with Gasteiger partial charge in [-0.1, -0.05) is 23.7 Å². The number of rotatable bonds is 7. The standard InChI is InChI=1S/C19H17ClN4O5/c1-28-13-6-3-11(4-7-13)10-24-16(18(26)27)21-19(23-24)22-17(25)12-5-8-15(29-2)14(20)9-12/h3-9H,10H2,1-2H3,(H,26,27)(H,22,23,25). The third kappa shape index (κ3) is 4.64. The zero-order valence-electron chi connectivity index (χ0n) is 15.5. The Bertz CT molecular complexity index is 1050. The third-order valence-corrected chi connectivity index (χ3v) is 4.29. The topological polar surface area (TPSA) is 116 Å². The van der Waals surface area contributed by atoms with Gasteiger partial charge in [0.15, 0.2) is 0 Å². The van der Waals surface area contributed by atoms with Crippen LogP contribution in [0.3, 0.4) is 0 Å². The van der Waals surface area contributed by atoms with Crippen molar-refractivity contribution in [1.82, 2.24) is 14.8 Å². The SMILES string of the molecule is COc1ccc(Cn2nc(NC(=O)c3ccc(OC)c(Cl)c3)nc2C(=O)O)cc1. The molecule has 0 fully saturated rings. The van der Waals surface area contributed by atoms with Crippen LogP contribution in [0.15, 0.2) is 42.5 Å². The number of amides is 1. The van der Waals surface area contributed by atoms with Crippen LogP contribution in [0.2, 0.25) is 5.02 Å². The molecule has 1 heterocycles. The largest absolute Gasteiger partial charge is 0.497 e. The normalized spacial score (nSPS) is 10.4. The molecule has 9 nitrogen and oxygen atoms in total. The minimum absolute atomic E-state index is 0.132. The molecule has 0 aliphatic rings. The molecule has 1 aromatic heterocycles. The first kappa shape index (κ1) is 20.2. The lowest BCUT2D eigenvalue weighted by Crippen LogP contribution is -2.13. The molecule has 3 aromatic rings. The van der Waals surface area contributed by atoms with Gasteiger partial charge in [0.1, 0.15) is 11.5 Å². The summed E-state index contributed by atoms with van der Waals surface area (Å²) in [4.78, 5) is 27.8. The molecule has 0 saturated carbocycles. The number of methoxy groups -OCH3 is 2. The maximum Gasteiger partial charge on any atom is 0.373 e. The van der Waals surface area contributed by atoms with Crippen LogP contribution in [0.1, 0.15) is 26.5 Å². The van der Waals surface area contributed by atoms with E-state index in [0.717, 1.165) is 5.56 Å². The minimum atomic E-state index is -1.26. The predicted molar refractivity (Wildman–Crippen MR) is 105 cm³/mol. The van der Waals surface area contributed by atoms with Crippen molar-refractivity contribution in [2.45, 2.75) is 6.54 Å². The van der Waals surface area contributed by atoms with Crippen molar-refractivity contribution >= 4 is 29.4 Å². The number of carbonyl (C=O) groups excluding carboxylic acids is 1. The van der Waals surface area contributed by atoms with Gasteiger partial charge in [0.25, 0.3) is 5.91 Å². The van der Waals surface area contributed by atoms with Gasteiger partial charge in [-0.2, -0.15) is 4.98 Å². The van der Waals surface area contributed by atoms with Gasteiger partial charge in [-0.25, -0.2) is 9.48 Å². The Kier molecular flexibility index (Phi) is 5.99. The monoisotopic (exact) mass is 416 g/mol. The average Bonchev–Trinajstić information content (AvgIpc) is 3.10. The number of nitrogens with zero attached hydrogens (tertiary/aromatic N) is 3. The molecule has 0 aliphatic heterocycles. The molecular weight excluding hydrogens is 400 g/mol. The van der Waals surface area contributed by atoms with Gasteiger partial charge in [0.2, 0.25) is 11.8 Å². The van der Waals surface area contributed by atoms with Crippen molar-refractivity contribution in [1.29, 1.82) is 0 Å². The number of hydrogen-bond acceptors (Lipinski definition) is 6. The molecule has 3 rings (SSSR count). The second-order valence-electron chi connectivity index (χ2n) is 5.87. The summed E-state index contributed by atoms with van der Waals surface area (Å²) < 4.78 is 11.3. The number of aromatic nitrogens is 3. The summed E-state index contributed by atoms with van der Waals surface area (Å²) in [6.07, 6.45) is 0. The van der Waals surface area contributed by atoms with Crippen LogP contribution in [0.5, 0.6) is 11.5 Å². The Balaban J connectivity index is 1.81. The van der Waals surface area contributed by atoms with Gasteiger partial charge in [-0.05, 0) is 35.9 Å². The molecule has 0 saturated heterocycles. The van der Waals surface area contributed by atoms with Crippen molar-refractivity contribution in [2.24, 2.45) is 0 Å². The Morgan fingerprint density at radius 1 is 1.14 bits per heavy atom. The molecule has 2 N–H and O–H groups in total. The molecule has 150 valence electrons. The lowest BCUT2D eigenvalue weighted by Gasteiger charge is -2.06. The van der Waals surface area contributed by atoms with Crippen LogP contribution in [-0.4, -0.2) is 46.0 Å². The Labute approximate surface area is 170 Å². The van der Waals surface area contributed by atoms with Gasteiger partial charge in [-0.3, -0.25) is 10.1 Å². The van der Waals surface area contributed by atoms with Gasteiger partial charge in [-0.15, -0.1) is 5.10 Å². The first-order valence-electron chi connectivity index (χ1n) is 8.37. The second kappa shape index (κ2) is 8.61. The molecule has 10 heteroatoms. The second-order valence-corrected chi connectivity index (χ2v) is 6.28. The number of hydrogen-bond donors (Lipinski definition) is 2. The van der Waals surface area contributed by atoms with E-state index >= 15 is 0 Å². The highest BCUT2D eigenvalue weighted by atomic mass is 35.5. The number of carbonyl (C=O) groups is 2. The maximum atomic E-state index is 12.4. The van der Waals surface area contributed by atoms with Crippen LogP contribution >= 0.6 is 11.6 Å². The predicted octanol–water partition coefficient (Wildman–Crippen LogP) is 2.95. The Morgan fingerprint density at radius 2 is 1.86 bits per heavy atom. The molecule has 0 spiro atoms. The molecule has 0 atom stereocenters. The highest BCUT2D eigenvalue weighted by Gasteiger charge is 2.19. The average molecular weight is 417 g/mol. The lowest BCUT2D eigenvalue weighted by molar-refractivity contribution is 0.0677. The summed E-state index contributed by atoms with van der Waals surface area (Å²) >= 11 is 6.03. The van der Waals surface area contributed by atoms with Crippen molar-refractivity contribution in [2.75, 3.05) is 19.5 Å². The van der Waals surface area contributed by atoms with Gasteiger partial charge < -0.3 is 14.6 Å². The number of carboxylic acids is 1. The smallest absolute Gasteiger partial charge is 0.373 e. The molecule has 0 unspecified atom stereocenters. The van der Waals surface area contributed by atoms with Gasteiger partial charge >= 0.3 is 5.97 Å². The van der Waals surface area contributed by atoms with E-state index in [1.165, 1.54) is 23.9 Å². The van der Waals surface area contributed by atoms with Crippen molar-refractivity contribution < 1.29 is 24.2 Å². The first-order valence-corrected chi connectivity index (χ1v) is 8.75. The van der Waals surface area contributed by atoms with E-state index in [1.807, 2.05) is 0 Å². The van der Waals surface area contributed by atoms with Gasteiger partial charge in [0, 0.05) is 5.56 Å². The van der Waals surface area contributed by atoms with Crippen LogP contribution in [0.25, 0.3) is 0 Å². The molecule has 1 amide bonds. The minimum Gasteiger partial charge on any atom is -0.497 e. The molecule has 0 aliphatic carbocycles. The number of carboxylic acid groups (broad SMARTS) is 1. The van der Waals surface area contributed by atoms with E-state index in [4.69, 9.17) is 21.1 Å². The van der Waals surface area contributed by atoms with E-state index < -0.39 is 11.9 Å². The summed E-state index contributed by atoms with van der Waals surface area (Å²) in [6, 6.07) is 11.6. The summed E-state index contributed by atoms with van der Waals surface area (Å²) in [5, 5.41) is 16.2.